The normalized spacial score (nSPS) is 26.8. The average Bonchev–Trinajstić information content (AvgIpc) is 3.23. The summed E-state index contributed by atoms with van der Waals surface area (Å²) in [6.07, 6.45) is 7.82. The Morgan fingerprint density at radius 3 is 2.20 bits per heavy atom. The van der Waals surface area contributed by atoms with Crippen LogP contribution in [-0.4, -0.2) is 77.7 Å². The molecule has 2 amide bonds. The molecule has 0 aromatic heterocycles. The van der Waals surface area contributed by atoms with Gasteiger partial charge in [0, 0.05) is 43.1 Å². The number of amidine groups is 1. The smallest absolute Gasteiger partial charge is 0.253 e. The summed E-state index contributed by atoms with van der Waals surface area (Å²) >= 11 is 0. The summed E-state index contributed by atoms with van der Waals surface area (Å²) in [5, 5.41) is 14.5. The van der Waals surface area contributed by atoms with Crippen LogP contribution in [0.3, 0.4) is 0 Å². The van der Waals surface area contributed by atoms with Gasteiger partial charge in [0.05, 0.1) is 5.60 Å². The van der Waals surface area contributed by atoms with Crippen molar-refractivity contribution in [3.05, 3.63) is 39.8 Å². The highest BCUT2D eigenvalue weighted by molar-refractivity contribution is 7.92. The Hall–Kier alpha value is -2.56. The Morgan fingerprint density at radius 2 is 1.61 bits per heavy atom. The number of sulfonamides is 1. The Morgan fingerprint density at radius 1 is 1.02 bits per heavy atom. The number of benzene rings is 1. The third-order valence-electron chi connectivity index (χ3n) is 9.69. The second-order valence-corrected chi connectivity index (χ2v) is 14.8. The summed E-state index contributed by atoms with van der Waals surface area (Å²) in [4.78, 5) is 32.7. The summed E-state index contributed by atoms with van der Waals surface area (Å²) in [6, 6.07) is 3.61. The van der Waals surface area contributed by atoms with E-state index in [4.69, 9.17) is 4.99 Å². The van der Waals surface area contributed by atoms with E-state index in [0.29, 0.717) is 56.2 Å². The highest BCUT2D eigenvalue weighted by Crippen LogP contribution is 2.36. The van der Waals surface area contributed by atoms with Crippen LogP contribution in [0.25, 0.3) is 6.08 Å². The molecule has 1 aromatic rings. The third-order valence-corrected chi connectivity index (χ3v) is 11.3. The molecule has 4 aliphatic rings. The zero-order valence-electron chi connectivity index (χ0n) is 24.8. The van der Waals surface area contributed by atoms with Crippen molar-refractivity contribution in [1.82, 2.24) is 14.5 Å². The first-order chi connectivity index (χ1) is 19.3. The summed E-state index contributed by atoms with van der Waals surface area (Å²) in [5.41, 5.74) is 1.40. The molecule has 1 saturated carbocycles. The molecule has 3 aliphatic heterocycles. The van der Waals surface area contributed by atoms with Crippen LogP contribution in [0.1, 0.15) is 92.3 Å². The summed E-state index contributed by atoms with van der Waals surface area (Å²) < 4.78 is 28.0. The second-order valence-electron chi connectivity index (χ2n) is 13.0. The van der Waals surface area contributed by atoms with E-state index in [0.717, 1.165) is 48.2 Å². The van der Waals surface area contributed by atoms with Gasteiger partial charge in [0.2, 0.25) is 10.0 Å². The van der Waals surface area contributed by atoms with E-state index in [1.807, 2.05) is 13.8 Å². The Bertz CT molecular complexity index is 1330. The summed E-state index contributed by atoms with van der Waals surface area (Å²) in [7, 11) is -3.70. The van der Waals surface area contributed by atoms with Gasteiger partial charge in [0.1, 0.15) is 11.4 Å². The molecule has 5 rings (SSSR count). The number of piperidine rings is 2. The van der Waals surface area contributed by atoms with E-state index in [2.05, 4.69) is 12.2 Å². The first-order valence-corrected chi connectivity index (χ1v) is 16.5. The van der Waals surface area contributed by atoms with Crippen LogP contribution < -0.4 is 5.32 Å². The van der Waals surface area contributed by atoms with Gasteiger partial charge < -0.3 is 15.3 Å². The standard InChI is InChI=1S/C31H44N4O5S/c1-21-5-7-24(8-6-21)27-32-29(37)31(33-27)12-16-35(17-13-31)41(39,40)18-9-26-22(2)19-25(20-23(26)3)28(36)34-14-10-30(4,38)11-15-34/h9,18-21,24,38H,5-8,10-17H2,1-4H3,(H,32,33,37). The number of aliphatic hydroxyl groups is 1. The zero-order chi connectivity index (χ0) is 29.6. The molecular weight excluding hydrogens is 540 g/mol. The molecule has 3 heterocycles. The van der Waals surface area contributed by atoms with Crippen LogP contribution in [0.4, 0.5) is 0 Å². The van der Waals surface area contributed by atoms with Crippen molar-refractivity contribution in [2.45, 2.75) is 90.2 Å². The van der Waals surface area contributed by atoms with Crippen molar-refractivity contribution in [3.8, 4) is 0 Å². The van der Waals surface area contributed by atoms with Gasteiger partial charge in [-0.25, -0.2) is 8.42 Å². The molecule has 224 valence electrons. The molecule has 41 heavy (non-hydrogen) atoms. The molecule has 10 heteroatoms. The number of likely N-dealkylation sites (tertiary alicyclic amines) is 1. The number of nitrogens with zero attached hydrogens (tertiary/aromatic N) is 3. The third kappa shape index (κ3) is 6.29. The highest BCUT2D eigenvalue weighted by atomic mass is 32.2. The summed E-state index contributed by atoms with van der Waals surface area (Å²) in [6.45, 7) is 9.32. The van der Waals surface area contributed by atoms with Gasteiger partial charge in [-0.3, -0.25) is 14.6 Å². The van der Waals surface area contributed by atoms with Crippen molar-refractivity contribution in [2.75, 3.05) is 26.2 Å². The van der Waals surface area contributed by atoms with Crippen LogP contribution in [0.15, 0.2) is 22.5 Å². The Labute approximate surface area is 244 Å². The fourth-order valence-corrected chi connectivity index (χ4v) is 7.87. The first kappa shape index (κ1) is 29.9. The number of aryl methyl sites for hydroxylation is 2. The molecular formula is C31H44N4O5S. The van der Waals surface area contributed by atoms with Crippen molar-refractivity contribution < 1.29 is 23.1 Å². The zero-order valence-corrected chi connectivity index (χ0v) is 25.6. The van der Waals surface area contributed by atoms with Gasteiger partial charge in [-0.1, -0.05) is 19.8 Å². The maximum absolute atomic E-state index is 13.3. The fraction of sp³-hybridized carbons (Fsp3) is 0.645. The molecule has 0 bridgehead atoms. The molecule has 0 radical (unpaired) electrons. The van der Waals surface area contributed by atoms with Gasteiger partial charge in [-0.05, 0) is 100 Å². The van der Waals surface area contributed by atoms with E-state index in [-0.39, 0.29) is 24.9 Å². The first-order valence-electron chi connectivity index (χ1n) is 15.0. The maximum Gasteiger partial charge on any atom is 0.253 e. The number of carbonyl (C=O) groups excluding carboxylic acids is 2. The molecule has 1 spiro atoms. The van der Waals surface area contributed by atoms with Crippen LogP contribution in [0.5, 0.6) is 0 Å². The SMILES string of the molecule is Cc1cc(C(=O)N2CCC(C)(O)CC2)cc(C)c1C=CS(=O)(=O)N1CCC2(CC1)N=C(C1CCC(C)CC1)NC2=O. The number of carbonyl (C=O) groups is 2. The number of hydrogen-bond acceptors (Lipinski definition) is 6. The molecule has 3 fully saturated rings. The van der Waals surface area contributed by atoms with E-state index in [9.17, 15) is 23.1 Å². The predicted octanol–water partition coefficient (Wildman–Crippen LogP) is 3.78. The minimum atomic E-state index is -3.70. The lowest BCUT2D eigenvalue weighted by molar-refractivity contribution is -0.125. The molecule has 2 saturated heterocycles. The molecule has 2 N–H and O–H groups in total. The number of amides is 2. The van der Waals surface area contributed by atoms with Crippen LogP contribution >= 0.6 is 0 Å². The topological polar surface area (TPSA) is 119 Å². The predicted molar refractivity (Wildman–Crippen MR) is 160 cm³/mol. The van der Waals surface area contributed by atoms with Gasteiger partial charge in [-0.15, -0.1) is 0 Å². The Balaban J connectivity index is 1.23. The lowest BCUT2D eigenvalue weighted by Gasteiger charge is -2.36. The van der Waals surface area contributed by atoms with Crippen molar-refractivity contribution in [3.63, 3.8) is 0 Å². The van der Waals surface area contributed by atoms with Crippen LogP contribution in [-0.2, 0) is 14.8 Å². The van der Waals surface area contributed by atoms with E-state index in [1.54, 1.807) is 30.0 Å². The second kappa shape index (κ2) is 11.3. The number of nitrogens with one attached hydrogen (secondary N) is 1. The molecule has 0 unspecified atom stereocenters. The lowest BCUT2D eigenvalue weighted by Crippen LogP contribution is -2.50. The van der Waals surface area contributed by atoms with Gasteiger partial charge in [-0.2, -0.15) is 4.31 Å². The molecule has 1 aliphatic carbocycles. The molecule has 0 atom stereocenters. The van der Waals surface area contributed by atoms with Crippen LogP contribution in [0.2, 0.25) is 0 Å². The lowest BCUT2D eigenvalue weighted by atomic mass is 9.82. The Kier molecular flexibility index (Phi) is 8.22. The average molecular weight is 585 g/mol. The van der Waals surface area contributed by atoms with Gasteiger partial charge >= 0.3 is 0 Å². The number of hydrogen-bond donors (Lipinski definition) is 2. The van der Waals surface area contributed by atoms with Crippen molar-refractivity contribution >= 4 is 33.7 Å². The van der Waals surface area contributed by atoms with Gasteiger partial charge in [0.15, 0.2) is 0 Å². The maximum atomic E-state index is 13.3. The van der Waals surface area contributed by atoms with Crippen molar-refractivity contribution in [2.24, 2.45) is 16.8 Å². The quantitative estimate of drug-likeness (QED) is 0.546. The number of aliphatic imine (C=N–C) groups is 1. The fourth-order valence-electron chi connectivity index (χ4n) is 6.69. The summed E-state index contributed by atoms with van der Waals surface area (Å²) in [5.74, 6) is 1.65. The van der Waals surface area contributed by atoms with Crippen LogP contribution in [0, 0.1) is 25.7 Å². The highest BCUT2D eigenvalue weighted by Gasteiger charge is 2.48. The number of rotatable bonds is 5. The van der Waals surface area contributed by atoms with E-state index in [1.165, 1.54) is 9.71 Å². The molecule has 1 aromatic carbocycles. The monoisotopic (exact) mass is 584 g/mol. The molecule has 9 nitrogen and oxygen atoms in total. The van der Waals surface area contributed by atoms with Crippen molar-refractivity contribution in [1.29, 1.82) is 0 Å². The van der Waals surface area contributed by atoms with Gasteiger partial charge in [0.25, 0.3) is 11.8 Å². The largest absolute Gasteiger partial charge is 0.390 e. The minimum absolute atomic E-state index is 0.0723. The van der Waals surface area contributed by atoms with E-state index >= 15 is 0 Å². The minimum Gasteiger partial charge on any atom is -0.390 e. The van der Waals surface area contributed by atoms with E-state index < -0.39 is 21.2 Å².